The number of hydrogen-bond donors (Lipinski definition) is 1. The van der Waals surface area contributed by atoms with Crippen LogP contribution in [-0.2, 0) is 9.31 Å². The zero-order valence-corrected chi connectivity index (χ0v) is 12.2. The van der Waals surface area contributed by atoms with E-state index < -0.39 is 7.12 Å². The van der Waals surface area contributed by atoms with Crippen molar-refractivity contribution >= 4 is 23.6 Å². The Balaban J connectivity index is 2.08. The first-order valence-electron chi connectivity index (χ1n) is 6.64. The lowest BCUT2D eigenvalue weighted by Crippen LogP contribution is -2.41. The molecular formula is C15H17BN2O2. The molecule has 0 saturated carbocycles. The molecule has 3 rings (SSSR count). The highest BCUT2D eigenvalue weighted by Gasteiger charge is 2.52. The van der Waals surface area contributed by atoms with Gasteiger partial charge in [0.05, 0.1) is 16.9 Å². The van der Waals surface area contributed by atoms with Crippen molar-refractivity contribution in [1.82, 2.24) is 9.97 Å². The predicted molar refractivity (Wildman–Crippen MR) is 79.7 cm³/mol. The molecule has 1 aliphatic rings. The van der Waals surface area contributed by atoms with Gasteiger partial charge >= 0.3 is 7.12 Å². The van der Waals surface area contributed by atoms with Crippen molar-refractivity contribution in [2.75, 3.05) is 0 Å². The summed E-state index contributed by atoms with van der Waals surface area (Å²) in [6, 6.07) is 3.82. The Bertz CT molecular complexity index is 696. The van der Waals surface area contributed by atoms with E-state index in [1.54, 1.807) is 6.20 Å². The molecule has 2 aromatic heterocycles. The Labute approximate surface area is 119 Å². The molecule has 20 heavy (non-hydrogen) atoms. The molecule has 1 saturated heterocycles. The van der Waals surface area contributed by atoms with Crippen LogP contribution in [0.3, 0.4) is 0 Å². The van der Waals surface area contributed by atoms with Gasteiger partial charge in [-0.15, -0.1) is 6.42 Å². The lowest BCUT2D eigenvalue weighted by atomic mass is 9.78. The molecule has 5 heteroatoms. The maximum atomic E-state index is 6.09. The quantitative estimate of drug-likeness (QED) is 0.634. The van der Waals surface area contributed by atoms with E-state index in [-0.39, 0.29) is 11.2 Å². The molecule has 3 heterocycles. The van der Waals surface area contributed by atoms with Crippen molar-refractivity contribution in [3.05, 3.63) is 24.0 Å². The van der Waals surface area contributed by atoms with Crippen LogP contribution >= 0.6 is 0 Å². The molecular weight excluding hydrogens is 251 g/mol. The second kappa shape index (κ2) is 4.11. The predicted octanol–water partition coefficient (Wildman–Crippen LogP) is 1.84. The first-order chi connectivity index (χ1) is 9.34. The molecule has 0 amide bonds. The van der Waals surface area contributed by atoms with Crippen LogP contribution in [-0.4, -0.2) is 28.3 Å². The summed E-state index contributed by atoms with van der Waals surface area (Å²) in [6.07, 6.45) is 7.17. The summed E-state index contributed by atoms with van der Waals surface area (Å²) in [7, 11) is -0.410. The molecule has 0 unspecified atom stereocenters. The first-order valence-corrected chi connectivity index (χ1v) is 6.64. The summed E-state index contributed by atoms with van der Waals surface area (Å²) in [4.78, 5) is 7.38. The number of rotatable bonds is 1. The second-order valence-corrected chi connectivity index (χ2v) is 6.08. The van der Waals surface area contributed by atoms with Gasteiger partial charge in [0.25, 0.3) is 0 Å². The monoisotopic (exact) mass is 268 g/mol. The number of pyridine rings is 1. The molecule has 1 aliphatic heterocycles. The smallest absolute Gasteiger partial charge is 0.399 e. The minimum Gasteiger partial charge on any atom is -0.399 e. The third-order valence-electron chi connectivity index (χ3n) is 4.23. The number of hydrogen-bond acceptors (Lipinski definition) is 3. The van der Waals surface area contributed by atoms with Crippen molar-refractivity contribution in [2.24, 2.45) is 0 Å². The number of terminal acetylenes is 1. The highest BCUT2D eigenvalue weighted by atomic mass is 16.7. The van der Waals surface area contributed by atoms with Crippen LogP contribution in [0.25, 0.3) is 11.0 Å². The zero-order chi connectivity index (χ0) is 14.5. The van der Waals surface area contributed by atoms with Crippen LogP contribution in [0.15, 0.2) is 18.3 Å². The molecule has 0 aromatic carbocycles. The third kappa shape index (κ3) is 1.84. The van der Waals surface area contributed by atoms with Crippen molar-refractivity contribution in [2.45, 2.75) is 38.9 Å². The Morgan fingerprint density at radius 3 is 2.50 bits per heavy atom. The lowest BCUT2D eigenvalue weighted by molar-refractivity contribution is 0.00578. The average molecular weight is 268 g/mol. The largest absolute Gasteiger partial charge is 0.495 e. The molecule has 0 atom stereocenters. The molecule has 2 aromatic rings. The molecule has 0 spiro atoms. The van der Waals surface area contributed by atoms with Crippen molar-refractivity contribution in [3.8, 4) is 12.3 Å². The average Bonchev–Trinajstić information content (AvgIpc) is 2.87. The minimum absolute atomic E-state index is 0.363. The van der Waals surface area contributed by atoms with Gasteiger partial charge in [0, 0.05) is 11.6 Å². The van der Waals surface area contributed by atoms with Gasteiger partial charge in [-0.3, -0.25) is 0 Å². The van der Waals surface area contributed by atoms with Crippen molar-refractivity contribution in [3.63, 3.8) is 0 Å². The third-order valence-corrected chi connectivity index (χ3v) is 4.23. The number of H-pyrrole nitrogens is 1. The fourth-order valence-electron chi connectivity index (χ4n) is 2.30. The van der Waals surface area contributed by atoms with Gasteiger partial charge in [0.1, 0.15) is 5.65 Å². The molecule has 4 nitrogen and oxygen atoms in total. The van der Waals surface area contributed by atoms with E-state index in [9.17, 15) is 0 Å². The van der Waals surface area contributed by atoms with Gasteiger partial charge in [-0.05, 0) is 45.3 Å². The number of nitrogens with one attached hydrogen (secondary N) is 1. The Hall–Kier alpha value is -1.77. The number of aromatic amines is 1. The Morgan fingerprint density at radius 2 is 1.90 bits per heavy atom. The topological polar surface area (TPSA) is 47.1 Å². The molecule has 1 N–H and O–H groups in total. The molecule has 0 aliphatic carbocycles. The summed E-state index contributed by atoms with van der Waals surface area (Å²) in [5, 5.41) is 0.943. The van der Waals surface area contributed by atoms with Gasteiger partial charge in [0.15, 0.2) is 0 Å². The fourth-order valence-corrected chi connectivity index (χ4v) is 2.30. The van der Waals surface area contributed by atoms with Crippen LogP contribution in [0.2, 0.25) is 0 Å². The van der Waals surface area contributed by atoms with Gasteiger partial charge < -0.3 is 14.3 Å². The molecule has 0 bridgehead atoms. The van der Waals surface area contributed by atoms with Crippen LogP contribution in [0.5, 0.6) is 0 Å². The summed E-state index contributed by atoms with van der Waals surface area (Å²) in [6.45, 7) is 8.15. The van der Waals surface area contributed by atoms with E-state index >= 15 is 0 Å². The van der Waals surface area contributed by atoms with Crippen LogP contribution in [0, 0.1) is 12.3 Å². The van der Waals surface area contributed by atoms with E-state index in [1.807, 2.05) is 39.8 Å². The van der Waals surface area contributed by atoms with Gasteiger partial charge in [-0.2, -0.15) is 0 Å². The van der Waals surface area contributed by atoms with E-state index in [2.05, 4.69) is 15.9 Å². The standard InChI is InChI=1S/C15H17BN2O2/c1-6-10-9-11-12(7-8-17-13(11)18-10)16-19-14(2,3)15(4,5)20-16/h1,7-9H,2-5H3,(H,17,18). The van der Waals surface area contributed by atoms with Crippen molar-refractivity contribution in [1.29, 1.82) is 0 Å². The van der Waals surface area contributed by atoms with E-state index in [0.717, 1.165) is 16.5 Å². The SMILES string of the molecule is C#Cc1cc2c(B3OC(C)(C)C(C)(C)O3)ccnc2[nH]1. The van der Waals surface area contributed by atoms with Crippen molar-refractivity contribution < 1.29 is 9.31 Å². The maximum Gasteiger partial charge on any atom is 0.495 e. The summed E-state index contributed by atoms with van der Waals surface area (Å²) in [5.74, 6) is 2.59. The summed E-state index contributed by atoms with van der Waals surface area (Å²) in [5.41, 5.74) is 1.69. The molecule has 102 valence electrons. The Morgan fingerprint density at radius 1 is 1.25 bits per heavy atom. The molecule has 0 radical (unpaired) electrons. The minimum atomic E-state index is -0.410. The lowest BCUT2D eigenvalue weighted by Gasteiger charge is -2.32. The number of aromatic nitrogens is 2. The summed E-state index contributed by atoms with van der Waals surface area (Å²) < 4.78 is 12.2. The second-order valence-electron chi connectivity index (χ2n) is 6.08. The first kappa shape index (κ1) is 13.2. The van der Waals surface area contributed by atoms with Gasteiger partial charge in [-0.1, -0.05) is 5.92 Å². The highest BCUT2D eigenvalue weighted by molar-refractivity contribution is 6.65. The Kier molecular flexibility index (Phi) is 2.72. The highest BCUT2D eigenvalue weighted by Crippen LogP contribution is 2.36. The maximum absolute atomic E-state index is 6.09. The van der Waals surface area contributed by atoms with E-state index in [0.29, 0.717) is 5.69 Å². The molecule has 1 fully saturated rings. The fraction of sp³-hybridized carbons (Fsp3) is 0.400. The van der Waals surface area contributed by atoms with Gasteiger partial charge in [0.2, 0.25) is 0 Å². The number of nitrogens with zero attached hydrogens (tertiary/aromatic N) is 1. The normalized spacial score (nSPS) is 20.2. The van der Waals surface area contributed by atoms with E-state index in [1.165, 1.54) is 0 Å². The summed E-state index contributed by atoms with van der Waals surface area (Å²) >= 11 is 0. The van der Waals surface area contributed by atoms with Crippen LogP contribution in [0.1, 0.15) is 33.4 Å². The van der Waals surface area contributed by atoms with Crippen LogP contribution in [0.4, 0.5) is 0 Å². The van der Waals surface area contributed by atoms with Crippen LogP contribution < -0.4 is 5.46 Å². The zero-order valence-electron chi connectivity index (χ0n) is 12.2. The number of fused-ring (bicyclic) bond motifs is 1. The van der Waals surface area contributed by atoms with E-state index in [4.69, 9.17) is 15.7 Å². The van der Waals surface area contributed by atoms with Gasteiger partial charge in [-0.25, -0.2) is 4.98 Å².